The monoisotopic (exact) mass is 399 g/mol. The Morgan fingerprint density at radius 3 is 2.48 bits per heavy atom. The van der Waals surface area contributed by atoms with E-state index < -0.39 is 36.3 Å². The second-order valence-electron chi connectivity index (χ2n) is 4.22. The van der Waals surface area contributed by atoms with Crippen LogP contribution < -0.4 is 5.32 Å². The Kier molecular flexibility index (Phi) is 4.92. The van der Waals surface area contributed by atoms with Gasteiger partial charge in [-0.1, -0.05) is 0 Å². The zero-order valence-electron chi connectivity index (χ0n) is 11.0. The van der Waals surface area contributed by atoms with E-state index in [1.807, 2.05) is 0 Å². The molecular weight excluding hydrogens is 393 g/mol. The number of hydrogen-bond donors (Lipinski definition) is 1. The Bertz CT molecular complexity index is 717. The summed E-state index contributed by atoms with van der Waals surface area (Å²) in [6.07, 6.45) is -5.01. The van der Waals surface area contributed by atoms with Crippen molar-refractivity contribution < 1.29 is 26.7 Å². The lowest BCUT2D eigenvalue weighted by Gasteiger charge is -2.11. The molecule has 2 aromatic heterocycles. The van der Waals surface area contributed by atoms with Gasteiger partial charge in [0.25, 0.3) is 12.3 Å². The predicted molar refractivity (Wildman–Crippen MR) is 70.9 cm³/mol. The van der Waals surface area contributed by atoms with Gasteiger partial charge in [0, 0.05) is 0 Å². The Hall–Kier alpha value is -2.11. The molecule has 124 valence electrons. The van der Waals surface area contributed by atoms with Gasteiger partial charge in [-0.15, -0.1) is 0 Å². The molecule has 0 aliphatic heterocycles. The molecule has 0 bridgehead atoms. The molecule has 0 aromatic carbocycles. The molecule has 6 nitrogen and oxygen atoms in total. The van der Waals surface area contributed by atoms with Gasteiger partial charge in [0.1, 0.15) is 12.2 Å². The van der Waals surface area contributed by atoms with E-state index in [9.17, 15) is 26.7 Å². The molecule has 0 spiro atoms. The Morgan fingerprint density at radius 2 is 1.91 bits per heavy atom. The molecule has 1 amide bonds. The van der Waals surface area contributed by atoms with Gasteiger partial charge < -0.3 is 5.32 Å². The number of amides is 1. The molecule has 0 unspecified atom stereocenters. The van der Waals surface area contributed by atoms with E-state index in [1.54, 1.807) is 0 Å². The van der Waals surface area contributed by atoms with Crippen LogP contribution >= 0.6 is 15.9 Å². The first-order valence-electron chi connectivity index (χ1n) is 5.87. The van der Waals surface area contributed by atoms with Crippen molar-refractivity contribution in [1.29, 1.82) is 0 Å². The van der Waals surface area contributed by atoms with E-state index in [2.05, 4.69) is 36.5 Å². The first-order valence-corrected chi connectivity index (χ1v) is 6.66. The fourth-order valence-corrected chi connectivity index (χ4v) is 1.98. The van der Waals surface area contributed by atoms with Gasteiger partial charge in [-0.25, -0.2) is 8.78 Å². The van der Waals surface area contributed by atoms with E-state index in [4.69, 9.17) is 0 Å². The first-order chi connectivity index (χ1) is 10.7. The standard InChI is InChI=1S/C11H7BrF5N5O/c12-6-2-18-19-3-7(6)21-10(23)5-1-20-22(4-11(15,16)17)8(5)9(13)14/h1-3,9H,4H2,(H,18,21,23). The second-order valence-corrected chi connectivity index (χ2v) is 5.08. The molecule has 0 radical (unpaired) electrons. The zero-order valence-corrected chi connectivity index (χ0v) is 12.6. The smallest absolute Gasteiger partial charge is 0.319 e. The number of nitrogens with zero attached hydrogens (tertiary/aromatic N) is 4. The van der Waals surface area contributed by atoms with Crippen molar-refractivity contribution in [2.24, 2.45) is 0 Å². The van der Waals surface area contributed by atoms with Crippen LogP contribution in [0.3, 0.4) is 0 Å². The number of carbonyl (C=O) groups excluding carboxylic acids is 1. The summed E-state index contributed by atoms with van der Waals surface area (Å²) in [6, 6.07) is 0. The van der Waals surface area contributed by atoms with Crippen molar-refractivity contribution in [3.05, 3.63) is 34.3 Å². The largest absolute Gasteiger partial charge is 0.408 e. The van der Waals surface area contributed by atoms with E-state index in [-0.39, 0.29) is 10.4 Å². The summed E-state index contributed by atoms with van der Waals surface area (Å²) in [4.78, 5) is 12.0. The van der Waals surface area contributed by atoms with Gasteiger partial charge >= 0.3 is 6.18 Å². The summed E-state index contributed by atoms with van der Waals surface area (Å²) in [5, 5.41) is 12.5. The molecule has 12 heteroatoms. The molecular formula is C11H7BrF5N5O. The SMILES string of the molecule is O=C(Nc1cnncc1Br)c1cnn(CC(F)(F)F)c1C(F)F. The number of rotatable bonds is 4. The highest BCUT2D eigenvalue weighted by Crippen LogP contribution is 2.27. The van der Waals surface area contributed by atoms with Gasteiger partial charge in [0.15, 0.2) is 0 Å². The van der Waals surface area contributed by atoms with Crippen molar-refractivity contribution in [3.8, 4) is 0 Å². The molecule has 2 aromatic rings. The third-order valence-electron chi connectivity index (χ3n) is 2.59. The highest BCUT2D eigenvalue weighted by molar-refractivity contribution is 9.10. The summed E-state index contributed by atoms with van der Waals surface area (Å²) in [6.45, 7) is -1.72. The van der Waals surface area contributed by atoms with Crippen LogP contribution in [0, 0.1) is 0 Å². The Morgan fingerprint density at radius 1 is 1.26 bits per heavy atom. The van der Waals surface area contributed by atoms with E-state index in [0.717, 1.165) is 6.20 Å². The summed E-state index contributed by atoms with van der Waals surface area (Å²) in [5.41, 5.74) is -1.65. The molecule has 23 heavy (non-hydrogen) atoms. The lowest BCUT2D eigenvalue weighted by Crippen LogP contribution is -2.22. The predicted octanol–water partition coefficient (Wildman–Crippen LogP) is 3.19. The molecule has 2 heterocycles. The van der Waals surface area contributed by atoms with E-state index in [0.29, 0.717) is 10.7 Å². The van der Waals surface area contributed by atoms with Crippen LogP contribution in [0.15, 0.2) is 23.1 Å². The van der Waals surface area contributed by atoms with Gasteiger partial charge in [-0.05, 0) is 15.9 Å². The van der Waals surface area contributed by atoms with Crippen LogP contribution in [-0.4, -0.2) is 32.1 Å². The average Bonchev–Trinajstić information content (AvgIpc) is 2.83. The molecule has 0 atom stereocenters. The number of hydrogen-bond acceptors (Lipinski definition) is 4. The molecule has 0 saturated carbocycles. The fourth-order valence-electron chi connectivity index (χ4n) is 1.68. The maximum atomic E-state index is 13.0. The van der Waals surface area contributed by atoms with Crippen LogP contribution in [0.4, 0.5) is 27.6 Å². The second kappa shape index (κ2) is 6.56. The van der Waals surface area contributed by atoms with Gasteiger partial charge in [-0.3, -0.25) is 9.48 Å². The molecule has 0 aliphatic rings. The van der Waals surface area contributed by atoms with Gasteiger partial charge in [0.2, 0.25) is 0 Å². The number of nitrogens with one attached hydrogen (secondary N) is 1. The molecule has 0 aliphatic carbocycles. The molecule has 0 saturated heterocycles. The van der Waals surface area contributed by atoms with Crippen molar-refractivity contribution in [1.82, 2.24) is 20.0 Å². The van der Waals surface area contributed by atoms with Crippen LogP contribution in [0.25, 0.3) is 0 Å². The topological polar surface area (TPSA) is 72.7 Å². The summed E-state index contributed by atoms with van der Waals surface area (Å²) >= 11 is 3.05. The van der Waals surface area contributed by atoms with Crippen LogP contribution in [-0.2, 0) is 6.54 Å². The number of anilines is 1. The third-order valence-corrected chi connectivity index (χ3v) is 3.22. The quantitative estimate of drug-likeness (QED) is 0.801. The fraction of sp³-hybridized carbons (Fsp3) is 0.273. The maximum absolute atomic E-state index is 13.0. The highest BCUT2D eigenvalue weighted by atomic mass is 79.9. The summed E-state index contributed by atoms with van der Waals surface area (Å²) < 4.78 is 63.5. The molecule has 0 fully saturated rings. The van der Waals surface area contributed by atoms with Crippen LogP contribution in [0.2, 0.25) is 0 Å². The van der Waals surface area contributed by atoms with E-state index in [1.165, 1.54) is 6.20 Å². The van der Waals surface area contributed by atoms with Crippen molar-refractivity contribution >= 4 is 27.5 Å². The van der Waals surface area contributed by atoms with Gasteiger partial charge in [-0.2, -0.15) is 28.5 Å². The van der Waals surface area contributed by atoms with Crippen molar-refractivity contribution in [3.63, 3.8) is 0 Å². The average molecular weight is 400 g/mol. The van der Waals surface area contributed by atoms with Crippen molar-refractivity contribution in [2.75, 3.05) is 5.32 Å². The normalized spacial score (nSPS) is 11.8. The van der Waals surface area contributed by atoms with E-state index >= 15 is 0 Å². The summed E-state index contributed by atoms with van der Waals surface area (Å²) in [7, 11) is 0. The third kappa shape index (κ3) is 4.21. The minimum absolute atomic E-state index is 0.0550. The number of carbonyl (C=O) groups is 1. The number of halogens is 6. The number of aromatic nitrogens is 4. The van der Waals surface area contributed by atoms with Crippen LogP contribution in [0.5, 0.6) is 0 Å². The summed E-state index contributed by atoms with van der Waals surface area (Å²) in [5.74, 6) is -1.04. The molecule has 1 N–H and O–H groups in total. The number of alkyl halides is 5. The Balaban J connectivity index is 2.32. The Labute approximate surface area is 133 Å². The lowest BCUT2D eigenvalue weighted by molar-refractivity contribution is -0.143. The molecule has 2 rings (SSSR count). The maximum Gasteiger partial charge on any atom is 0.408 e. The minimum Gasteiger partial charge on any atom is -0.319 e. The van der Waals surface area contributed by atoms with Gasteiger partial charge in [0.05, 0.1) is 34.3 Å². The first kappa shape index (κ1) is 17.2. The lowest BCUT2D eigenvalue weighted by atomic mass is 10.2. The zero-order chi connectivity index (χ0) is 17.2. The highest BCUT2D eigenvalue weighted by Gasteiger charge is 2.33. The minimum atomic E-state index is -4.75. The van der Waals surface area contributed by atoms with Crippen LogP contribution in [0.1, 0.15) is 22.5 Å². The van der Waals surface area contributed by atoms with Crippen molar-refractivity contribution in [2.45, 2.75) is 19.1 Å².